The van der Waals surface area contributed by atoms with Gasteiger partial charge in [-0.2, -0.15) is 0 Å². The van der Waals surface area contributed by atoms with Crippen LogP contribution in [0.1, 0.15) is 44.7 Å². The normalized spacial score (nSPS) is 11.5. The molecule has 1 atom stereocenters. The minimum atomic E-state index is -1.09. The molecule has 2 rings (SSSR count). The van der Waals surface area contributed by atoms with Crippen molar-refractivity contribution in [2.45, 2.75) is 33.8 Å². The Morgan fingerprint density at radius 3 is 2.20 bits per heavy atom. The summed E-state index contributed by atoms with van der Waals surface area (Å²) in [7, 11) is 0. The third kappa shape index (κ3) is 4.26. The lowest BCUT2D eigenvalue weighted by molar-refractivity contribution is -0.129. The highest BCUT2D eigenvalue weighted by Crippen LogP contribution is 2.21. The summed E-state index contributed by atoms with van der Waals surface area (Å²) in [6, 6.07) is 8.41. The Morgan fingerprint density at radius 1 is 1.00 bits per heavy atom. The summed E-state index contributed by atoms with van der Waals surface area (Å²) in [6.45, 7) is 6.56. The van der Waals surface area contributed by atoms with Crippen LogP contribution in [0.5, 0.6) is 0 Å². The molecule has 0 bridgehead atoms. The van der Waals surface area contributed by atoms with Crippen molar-refractivity contribution in [3.8, 4) is 0 Å². The van der Waals surface area contributed by atoms with Crippen LogP contribution in [0.4, 0.5) is 0 Å². The number of hydrogen-bond donors (Lipinski definition) is 2. The van der Waals surface area contributed by atoms with E-state index in [1.807, 2.05) is 0 Å². The second kappa shape index (κ2) is 7.65. The fourth-order valence-electron chi connectivity index (χ4n) is 2.25. The van der Waals surface area contributed by atoms with Crippen molar-refractivity contribution >= 4 is 17.8 Å². The number of hydrogen-bond acceptors (Lipinski definition) is 5. The Labute approximate surface area is 145 Å². The predicted molar refractivity (Wildman–Crippen MR) is 89.8 cm³/mol. The first kappa shape index (κ1) is 18.3. The molecule has 2 aromatic rings. The van der Waals surface area contributed by atoms with Gasteiger partial charge in [-0.15, -0.1) is 0 Å². The highest BCUT2D eigenvalue weighted by Gasteiger charge is 2.24. The quantitative estimate of drug-likeness (QED) is 0.655. The Hall–Kier alpha value is -3.09. The maximum atomic E-state index is 12.2. The fourth-order valence-corrected chi connectivity index (χ4v) is 2.25. The summed E-state index contributed by atoms with van der Waals surface area (Å²) in [6.07, 6.45) is -1.09. The number of rotatable bonds is 4. The molecule has 0 aliphatic carbocycles. The average Bonchev–Trinajstić information content (AvgIpc) is 2.85. The van der Waals surface area contributed by atoms with Crippen molar-refractivity contribution in [1.82, 2.24) is 10.9 Å². The van der Waals surface area contributed by atoms with Gasteiger partial charge in [0.25, 0.3) is 11.8 Å². The summed E-state index contributed by atoms with van der Waals surface area (Å²) >= 11 is 0. The molecule has 0 saturated heterocycles. The van der Waals surface area contributed by atoms with Crippen LogP contribution in [0.25, 0.3) is 0 Å². The number of nitrogens with one attached hydrogen (secondary N) is 2. The number of benzene rings is 1. The molecule has 25 heavy (non-hydrogen) atoms. The number of esters is 1. The monoisotopic (exact) mass is 344 g/mol. The molecule has 0 aliphatic rings. The molecule has 132 valence electrons. The standard InChI is InChI=1S/C18H20N2O5/c1-10-11(2)24-12(3)15(10)18(23)25-13(4)16(21)19-20-17(22)14-8-6-5-7-9-14/h5-9,13H,1-4H3,(H,19,21)(H,20,22)/t13-/m1/s1. The lowest BCUT2D eigenvalue weighted by Crippen LogP contribution is -2.46. The first-order valence-electron chi connectivity index (χ1n) is 7.74. The van der Waals surface area contributed by atoms with E-state index in [-0.39, 0.29) is 0 Å². The van der Waals surface area contributed by atoms with Gasteiger partial charge in [-0.25, -0.2) is 4.79 Å². The highest BCUT2D eigenvalue weighted by molar-refractivity contribution is 5.97. The SMILES string of the molecule is Cc1oc(C)c(C(=O)O[C@H](C)C(=O)NNC(=O)c2ccccc2)c1C. The van der Waals surface area contributed by atoms with E-state index in [2.05, 4.69) is 10.9 Å². The van der Waals surface area contributed by atoms with Crippen LogP contribution in [0, 0.1) is 20.8 Å². The number of amides is 2. The van der Waals surface area contributed by atoms with Gasteiger partial charge >= 0.3 is 5.97 Å². The summed E-state index contributed by atoms with van der Waals surface area (Å²) in [5.74, 6) is -0.705. The molecule has 0 spiro atoms. The zero-order valence-electron chi connectivity index (χ0n) is 14.5. The molecule has 0 fully saturated rings. The summed E-state index contributed by atoms with van der Waals surface area (Å²) < 4.78 is 10.5. The molecule has 7 nitrogen and oxygen atoms in total. The van der Waals surface area contributed by atoms with Crippen LogP contribution >= 0.6 is 0 Å². The van der Waals surface area contributed by atoms with Gasteiger partial charge in [0, 0.05) is 11.1 Å². The third-order valence-electron chi connectivity index (χ3n) is 3.75. The lowest BCUT2D eigenvalue weighted by Gasteiger charge is -2.14. The maximum Gasteiger partial charge on any atom is 0.342 e. The highest BCUT2D eigenvalue weighted by atomic mass is 16.5. The summed E-state index contributed by atoms with van der Waals surface area (Å²) in [4.78, 5) is 36.1. The molecule has 1 aromatic heterocycles. The molecular weight excluding hydrogens is 324 g/mol. The molecule has 0 unspecified atom stereocenters. The fraction of sp³-hybridized carbons (Fsp3) is 0.278. The van der Waals surface area contributed by atoms with E-state index < -0.39 is 23.9 Å². The van der Waals surface area contributed by atoms with Crippen molar-refractivity contribution in [3.05, 3.63) is 58.5 Å². The van der Waals surface area contributed by atoms with Crippen LogP contribution in [-0.4, -0.2) is 23.9 Å². The van der Waals surface area contributed by atoms with E-state index >= 15 is 0 Å². The van der Waals surface area contributed by atoms with E-state index in [9.17, 15) is 14.4 Å². The maximum absolute atomic E-state index is 12.2. The molecule has 1 heterocycles. The topological polar surface area (TPSA) is 97.6 Å². The predicted octanol–water partition coefficient (Wildman–Crippen LogP) is 2.21. The molecule has 1 aromatic carbocycles. The first-order valence-corrected chi connectivity index (χ1v) is 7.74. The second-order valence-electron chi connectivity index (χ2n) is 5.57. The Kier molecular flexibility index (Phi) is 5.59. The molecular formula is C18H20N2O5. The number of carbonyl (C=O) groups is 3. The smallest absolute Gasteiger partial charge is 0.342 e. The van der Waals surface area contributed by atoms with Gasteiger partial charge in [0.1, 0.15) is 17.1 Å². The number of ether oxygens (including phenoxy) is 1. The Balaban J connectivity index is 1.92. The Bertz CT molecular complexity index is 795. The average molecular weight is 344 g/mol. The van der Waals surface area contributed by atoms with Gasteiger partial charge in [0.2, 0.25) is 0 Å². The van der Waals surface area contributed by atoms with E-state index in [1.54, 1.807) is 51.1 Å². The largest absolute Gasteiger partial charge is 0.465 e. The van der Waals surface area contributed by atoms with Crippen LogP contribution in [0.3, 0.4) is 0 Å². The van der Waals surface area contributed by atoms with E-state index in [1.165, 1.54) is 6.92 Å². The van der Waals surface area contributed by atoms with Crippen molar-refractivity contribution < 1.29 is 23.5 Å². The van der Waals surface area contributed by atoms with Gasteiger partial charge in [0.15, 0.2) is 6.10 Å². The summed E-state index contributed by atoms with van der Waals surface area (Å²) in [5, 5.41) is 0. The minimum Gasteiger partial charge on any atom is -0.465 e. The van der Waals surface area contributed by atoms with E-state index in [0.717, 1.165) is 0 Å². The Morgan fingerprint density at radius 2 is 1.64 bits per heavy atom. The number of hydrazine groups is 1. The van der Waals surface area contributed by atoms with Gasteiger partial charge in [-0.1, -0.05) is 18.2 Å². The van der Waals surface area contributed by atoms with Crippen molar-refractivity contribution in [1.29, 1.82) is 0 Å². The molecule has 2 amide bonds. The number of furan rings is 1. The van der Waals surface area contributed by atoms with Crippen LogP contribution in [0.2, 0.25) is 0 Å². The zero-order valence-corrected chi connectivity index (χ0v) is 14.5. The second-order valence-corrected chi connectivity index (χ2v) is 5.57. The lowest BCUT2D eigenvalue weighted by atomic mass is 10.1. The van der Waals surface area contributed by atoms with E-state index in [0.29, 0.717) is 28.2 Å². The number of aryl methyl sites for hydroxylation is 2. The van der Waals surface area contributed by atoms with Gasteiger partial charge in [-0.05, 0) is 39.8 Å². The van der Waals surface area contributed by atoms with Gasteiger partial charge < -0.3 is 9.15 Å². The van der Waals surface area contributed by atoms with Gasteiger partial charge in [0.05, 0.1) is 0 Å². The molecule has 7 heteroatoms. The van der Waals surface area contributed by atoms with Crippen LogP contribution in [-0.2, 0) is 9.53 Å². The zero-order chi connectivity index (χ0) is 18.6. The molecule has 0 aliphatic heterocycles. The van der Waals surface area contributed by atoms with Crippen molar-refractivity contribution in [3.63, 3.8) is 0 Å². The summed E-state index contributed by atoms with van der Waals surface area (Å²) in [5.41, 5.74) is 5.88. The number of carbonyl (C=O) groups excluding carboxylic acids is 3. The van der Waals surface area contributed by atoms with Gasteiger partial charge in [-0.3, -0.25) is 20.4 Å². The minimum absolute atomic E-state index is 0.311. The van der Waals surface area contributed by atoms with Crippen molar-refractivity contribution in [2.24, 2.45) is 0 Å². The molecule has 0 saturated carbocycles. The molecule has 2 N–H and O–H groups in total. The molecule has 0 radical (unpaired) electrons. The van der Waals surface area contributed by atoms with Crippen LogP contribution < -0.4 is 10.9 Å². The third-order valence-corrected chi connectivity index (χ3v) is 3.75. The van der Waals surface area contributed by atoms with Crippen LogP contribution in [0.15, 0.2) is 34.7 Å². The van der Waals surface area contributed by atoms with Crippen molar-refractivity contribution in [2.75, 3.05) is 0 Å². The van der Waals surface area contributed by atoms with E-state index in [4.69, 9.17) is 9.15 Å². The first-order chi connectivity index (χ1) is 11.8.